The van der Waals surface area contributed by atoms with Gasteiger partial charge in [-0.05, 0) is 64.7 Å². The SMILES string of the molecule is Cc1cccc(OCC(=O)NN=Cc2ccc(F)c(Br)c2)c1C. The first-order chi connectivity index (χ1) is 11.0. The summed E-state index contributed by atoms with van der Waals surface area (Å²) in [5, 5.41) is 3.82. The van der Waals surface area contributed by atoms with Crippen molar-refractivity contribution < 1.29 is 13.9 Å². The minimum absolute atomic E-state index is 0.130. The molecule has 1 amide bonds. The lowest BCUT2D eigenvalue weighted by Gasteiger charge is -2.09. The van der Waals surface area contributed by atoms with Crippen LogP contribution in [-0.4, -0.2) is 18.7 Å². The Balaban J connectivity index is 1.86. The first-order valence-electron chi connectivity index (χ1n) is 6.93. The molecule has 120 valence electrons. The van der Waals surface area contributed by atoms with Crippen molar-refractivity contribution in [3.05, 3.63) is 63.4 Å². The van der Waals surface area contributed by atoms with E-state index in [1.54, 1.807) is 12.1 Å². The zero-order valence-electron chi connectivity index (χ0n) is 12.8. The van der Waals surface area contributed by atoms with Gasteiger partial charge in [0.25, 0.3) is 5.91 Å². The van der Waals surface area contributed by atoms with E-state index in [0.29, 0.717) is 15.8 Å². The molecule has 0 unspecified atom stereocenters. The fourth-order valence-electron chi connectivity index (χ4n) is 1.83. The summed E-state index contributed by atoms with van der Waals surface area (Å²) in [4.78, 5) is 11.7. The van der Waals surface area contributed by atoms with Gasteiger partial charge in [0, 0.05) is 0 Å². The van der Waals surface area contributed by atoms with Crippen LogP contribution in [0.1, 0.15) is 16.7 Å². The maximum atomic E-state index is 13.1. The van der Waals surface area contributed by atoms with Crippen molar-refractivity contribution in [3.8, 4) is 5.75 Å². The second-order valence-electron chi connectivity index (χ2n) is 4.95. The van der Waals surface area contributed by atoms with Crippen LogP contribution in [0.5, 0.6) is 5.75 Å². The minimum Gasteiger partial charge on any atom is -0.483 e. The molecular weight excluding hydrogens is 363 g/mol. The van der Waals surface area contributed by atoms with E-state index in [0.717, 1.165) is 11.1 Å². The monoisotopic (exact) mass is 378 g/mol. The molecule has 0 aliphatic heterocycles. The molecule has 4 nitrogen and oxygen atoms in total. The molecule has 0 saturated carbocycles. The normalized spacial score (nSPS) is 10.8. The molecule has 0 spiro atoms. The fraction of sp³-hybridized carbons (Fsp3) is 0.176. The number of rotatable bonds is 5. The molecule has 0 aliphatic carbocycles. The van der Waals surface area contributed by atoms with Gasteiger partial charge in [0.15, 0.2) is 6.61 Å². The number of nitrogens with zero attached hydrogens (tertiary/aromatic N) is 1. The van der Waals surface area contributed by atoms with Gasteiger partial charge in [0.1, 0.15) is 11.6 Å². The number of hydrazone groups is 1. The number of ether oxygens (including phenoxy) is 1. The number of carbonyl (C=O) groups excluding carboxylic acids is 1. The first kappa shape index (κ1) is 17.1. The molecule has 0 saturated heterocycles. The molecule has 2 aromatic rings. The van der Waals surface area contributed by atoms with Crippen molar-refractivity contribution in [1.82, 2.24) is 5.43 Å². The summed E-state index contributed by atoms with van der Waals surface area (Å²) in [5.41, 5.74) is 5.13. The zero-order valence-corrected chi connectivity index (χ0v) is 14.4. The number of nitrogens with one attached hydrogen (secondary N) is 1. The fourth-order valence-corrected chi connectivity index (χ4v) is 2.22. The molecule has 0 fully saturated rings. The lowest BCUT2D eigenvalue weighted by atomic mass is 10.1. The molecule has 0 heterocycles. The second kappa shape index (κ2) is 7.87. The van der Waals surface area contributed by atoms with Gasteiger partial charge in [-0.25, -0.2) is 9.82 Å². The largest absolute Gasteiger partial charge is 0.483 e. The van der Waals surface area contributed by atoms with E-state index in [2.05, 4.69) is 26.5 Å². The van der Waals surface area contributed by atoms with Crippen molar-refractivity contribution >= 4 is 28.1 Å². The lowest BCUT2D eigenvalue weighted by Crippen LogP contribution is -2.24. The lowest BCUT2D eigenvalue weighted by molar-refractivity contribution is -0.123. The molecule has 0 aromatic heterocycles. The Morgan fingerprint density at radius 2 is 2.13 bits per heavy atom. The van der Waals surface area contributed by atoms with Gasteiger partial charge < -0.3 is 4.74 Å². The molecule has 0 aliphatic rings. The van der Waals surface area contributed by atoms with E-state index >= 15 is 0 Å². The van der Waals surface area contributed by atoms with Crippen LogP contribution in [0.4, 0.5) is 4.39 Å². The predicted molar refractivity (Wildman–Crippen MR) is 91.2 cm³/mol. The first-order valence-corrected chi connectivity index (χ1v) is 7.72. The van der Waals surface area contributed by atoms with Crippen molar-refractivity contribution in [2.45, 2.75) is 13.8 Å². The number of hydrogen-bond acceptors (Lipinski definition) is 3. The smallest absolute Gasteiger partial charge is 0.277 e. The number of amides is 1. The van der Waals surface area contributed by atoms with Crippen LogP contribution < -0.4 is 10.2 Å². The van der Waals surface area contributed by atoms with Crippen molar-refractivity contribution in [2.24, 2.45) is 5.10 Å². The summed E-state index contributed by atoms with van der Waals surface area (Å²) in [6.45, 7) is 3.79. The van der Waals surface area contributed by atoms with E-state index in [4.69, 9.17) is 4.74 Å². The predicted octanol–water partition coefficient (Wildman–Crippen LogP) is 3.73. The van der Waals surface area contributed by atoms with Gasteiger partial charge in [0.2, 0.25) is 0 Å². The summed E-state index contributed by atoms with van der Waals surface area (Å²) < 4.78 is 18.9. The van der Waals surface area contributed by atoms with Gasteiger partial charge in [-0.3, -0.25) is 4.79 Å². The van der Waals surface area contributed by atoms with Crippen molar-refractivity contribution in [3.63, 3.8) is 0 Å². The molecule has 1 N–H and O–H groups in total. The average Bonchev–Trinajstić information content (AvgIpc) is 2.52. The Hall–Kier alpha value is -2.21. The van der Waals surface area contributed by atoms with E-state index < -0.39 is 0 Å². The van der Waals surface area contributed by atoms with Crippen LogP contribution in [0.3, 0.4) is 0 Å². The molecule has 0 atom stereocenters. The van der Waals surface area contributed by atoms with E-state index in [1.165, 1.54) is 12.3 Å². The Morgan fingerprint density at radius 1 is 1.35 bits per heavy atom. The van der Waals surface area contributed by atoms with Crippen LogP contribution in [-0.2, 0) is 4.79 Å². The highest BCUT2D eigenvalue weighted by Crippen LogP contribution is 2.20. The third kappa shape index (κ3) is 4.89. The number of carbonyl (C=O) groups is 1. The highest BCUT2D eigenvalue weighted by molar-refractivity contribution is 9.10. The molecule has 0 radical (unpaired) electrons. The number of benzene rings is 2. The molecule has 2 rings (SSSR count). The van der Waals surface area contributed by atoms with Crippen LogP contribution in [0, 0.1) is 19.7 Å². The second-order valence-corrected chi connectivity index (χ2v) is 5.81. The standard InChI is InChI=1S/C17H16BrFN2O2/c1-11-4-3-5-16(12(11)2)23-10-17(22)21-20-9-13-6-7-15(19)14(18)8-13/h3-9H,10H2,1-2H3,(H,21,22). The number of hydrogen-bond donors (Lipinski definition) is 1. The van der Waals surface area contributed by atoms with Crippen molar-refractivity contribution in [1.29, 1.82) is 0 Å². The topological polar surface area (TPSA) is 50.7 Å². The molecule has 2 aromatic carbocycles. The van der Waals surface area contributed by atoms with Gasteiger partial charge in [-0.15, -0.1) is 0 Å². The molecule has 6 heteroatoms. The van der Waals surface area contributed by atoms with E-state index in [-0.39, 0.29) is 18.3 Å². The molecular formula is C17H16BrFN2O2. The zero-order chi connectivity index (χ0) is 16.8. The average molecular weight is 379 g/mol. The van der Waals surface area contributed by atoms with Gasteiger partial charge in [-0.1, -0.05) is 18.2 Å². The highest BCUT2D eigenvalue weighted by Gasteiger charge is 2.05. The summed E-state index contributed by atoms with van der Waals surface area (Å²) in [5.74, 6) is -0.0527. The Labute approximate surface area is 142 Å². The number of halogens is 2. The van der Waals surface area contributed by atoms with E-state index in [9.17, 15) is 9.18 Å². The minimum atomic E-state index is -0.372. The quantitative estimate of drug-likeness (QED) is 0.636. The van der Waals surface area contributed by atoms with Gasteiger partial charge in [-0.2, -0.15) is 5.10 Å². The third-order valence-corrected chi connectivity index (χ3v) is 3.87. The van der Waals surface area contributed by atoms with Crippen LogP contribution in [0.25, 0.3) is 0 Å². The maximum Gasteiger partial charge on any atom is 0.277 e. The van der Waals surface area contributed by atoms with E-state index in [1.807, 2.05) is 32.0 Å². The van der Waals surface area contributed by atoms with Gasteiger partial charge >= 0.3 is 0 Å². The van der Waals surface area contributed by atoms with Crippen LogP contribution in [0.15, 0.2) is 46.0 Å². The molecule has 0 bridgehead atoms. The Bertz CT molecular complexity index is 747. The maximum absolute atomic E-state index is 13.1. The summed E-state index contributed by atoms with van der Waals surface area (Å²) in [7, 11) is 0. The highest BCUT2D eigenvalue weighted by atomic mass is 79.9. The summed E-state index contributed by atoms with van der Waals surface area (Å²) in [6.07, 6.45) is 1.43. The summed E-state index contributed by atoms with van der Waals surface area (Å²) >= 11 is 3.09. The van der Waals surface area contributed by atoms with Crippen molar-refractivity contribution in [2.75, 3.05) is 6.61 Å². The third-order valence-electron chi connectivity index (χ3n) is 3.26. The van der Waals surface area contributed by atoms with Crippen LogP contribution >= 0.6 is 15.9 Å². The Morgan fingerprint density at radius 3 is 2.87 bits per heavy atom. The molecule has 23 heavy (non-hydrogen) atoms. The Kier molecular flexibility index (Phi) is 5.87. The van der Waals surface area contributed by atoms with Gasteiger partial charge in [0.05, 0.1) is 10.7 Å². The summed E-state index contributed by atoms with van der Waals surface area (Å²) in [6, 6.07) is 10.1. The number of aryl methyl sites for hydroxylation is 1. The van der Waals surface area contributed by atoms with Crippen LogP contribution in [0.2, 0.25) is 0 Å².